The SMILES string of the molecule is COc1cc(O)c2c(c1)OC(c1cc(C)c(O)cc1O)C2=[OH+]. The van der Waals surface area contributed by atoms with Crippen molar-refractivity contribution in [3.63, 3.8) is 0 Å². The lowest BCUT2D eigenvalue weighted by molar-refractivity contribution is 0.274. The molecule has 1 heterocycles. The number of phenols is 3. The van der Waals surface area contributed by atoms with Crippen molar-refractivity contribution in [3.8, 4) is 28.7 Å². The van der Waals surface area contributed by atoms with Gasteiger partial charge in [0, 0.05) is 23.8 Å². The highest BCUT2D eigenvalue weighted by Gasteiger charge is 2.43. The van der Waals surface area contributed by atoms with Crippen molar-refractivity contribution < 1.29 is 29.6 Å². The van der Waals surface area contributed by atoms with E-state index in [-0.39, 0.29) is 34.3 Å². The van der Waals surface area contributed by atoms with Crippen molar-refractivity contribution >= 4 is 5.78 Å². The molecule has 4 N–H and O–H groups in total. The minimum atomic E-state index is -0.965. The van der Waals surface area contributed by atoms with Crippen LogP contribution in [0, 0.1) is 6.92 Å². The molecule has 0 amide bonds. The van der Waals surface area contributed by atoms with Crippen LogP contribution < -0.4 is 9.47 Å². The van der Waals surface area contributed by atoms with E-state index < -0.39 is 6.10 Å². The predicted molar refractivity (Wildman–Crippen MR) is 78.6 cm³/mol. The zero-order valence-electron chi connectivity index (χ0n) is 12.0. The maximum atomic E-state index is 10.3. The van der Waals surface area contributed by atoms with Gasteiger partial charge in [0.05, 0.1) is 7.11 Å². The summed E-state index contributed by atoms with van der Waals surface area (Å²) in [5.41, 5.74) is 0.986. The summed E-state index contributed by atoms with van der Waals surface area (Å²) >= 11 is 0. The summed E-state index contributed by atoms with van der Waals surface area (Å²) in [6.45, 7) is 1.66. The molecule has 2 aromatic rings. The maximum Gasteiger partial charge on any atom is 0.375 e. The van der Waals surface area contributed by atoms with Gasteiger partial charge in [-0.2, -0.15) is 0 Å². The Morgan fingerprint density at radius 3 is 2.45 bits per heavy atom. The first-order chi connectivity index (χ1) is 10.4. The van der Waals surface area contributed by atoms with Gasteiger partial charge in [-0.15, -0.1) is 0 Å². The number of aromatic hydroxyl groups is 3. The molecule has 3 rings (SSSR count). The lowest BCUT2D eigenvalue weighted by Crippen LogP contribution is -2.12. The van der Waals surface area contributed by atoms with E-state index in [0.717, 1.165) is 0 Å². The number of ether oxygens (including phenoxy) is 2. The summed E-state index contributed by atoms with van der Waals surface area (Å²) in [5.74, 6) is -0.0140. The number of fused-ring (bicyclic) bond motifs is 1. The summed E-state index contributed by atoms with van der Waals surface area (Å²) < 4.78 is 10.7. The number of benzene rings is 2. The van der Waals surface area contributed by atoms with Crippen LogP contribution in [0.1, 0.15) is 22.8 Å². The molecule has 0 saturated heterocycles. The van der Waals surface area contributed by atoms with E-state index in [2.05, 4.69) is 0 Å². The van der Waals surface area contributed by atoms with Gasteiger partial charge >= 0.3 is 5.78 Å². The molecule has 0 spiro atoms. The monoisotopic (exact) mass is 303 g/mol. The Hall–Kier alpha value is -2.89. The molecule has 0 saturated carbocycles. The van der Waals surface area contributed by atoms with Gasteiger partial charge in [-0.25, -0.2) is 0 Å². The number of hydrogen-bond donors (Lipinski definition) is 3. The van der Waals surface area contributed by atoms with E-state index in [9.17, 15) is 20.1 Å². The Morgan fingerprint density at radius 1 is 1.05 bits per heavy atom. The molecular weight excluding hydrogens is 288 g/mol. The molecule has 0 aliphatic carbocycles. The normalized spacial score (nSPS) is 16.3. The third-order valence-corrected chi connectivity index (χ3v) is 3.67. The van der Waals surface area contributed by atoms with Gasteiger partial charge < -0.3 is 24.8 Å². The molecule has 0 radical (unpaired) electrons. The fourth-order valence-electron chi connectivity index (χ4n) is 2.49. The van der Waals surface area contributed by atoms with Gasteiger partial charge in [-0.3, -0.25) is 4.79 Å². The molecule has 22 heavy (non-hydrogen) atoms. The Labute approximate surface area is 126 Å². The summed E-state index contributed by atoms with van der Waals surface area (Å²) in [7, 11) is 1.45. The van der Waals surface area contributed by atoms with Crippen LogP contribution in [0.15, 0.2) is 24.3 Å². The van der Waals surface area contributed by atoms with Crippen LogP contribution in [0.5, 0.6) is 28.7 Å². The summed E-state index contributed by atoms with van der Waals surface area (Å²) in [5, 5.41) is 29.6. The van der Waals surface area contributed by atoms with Crippen LogP contribution in [0.3, 0.4) is 0 Å². The first-order valence-electron chi connectivity index (χ1n) is 6.58. The number of carbonyl (C=O) groups excluding carboxylic acids is 1. The van der Waals surface area contributed by atoms with Crippen molar-refractivity contribution in [1.82, 2.24) is 0 Å². The van der Waals surface area contributed by atoms with Crippen molar-refractivity contribution in [3.05, 3.63) is 41.0 Å². The maximum absolute atomic E-state index is 10.3. The van der Waals surface area contributed by atoms with Crippen molar-refractivity contribution in [2.45, 2.75) is 13.0 Å². The van der Waals surface area contributed by atoms with E-state index in [0.29, 0.717) is 16.9 Å². The number of rotatable bonds is 2. The predicted octanol–water partition coefficient (Wildman–Crippen LogP) is 2.15. The van der Waals surface area contributed by atoms with Crippen molar-refractivity contribution in [2.75, 3.05) is 7.11 Å². The Morgan fingerprint density at radius 2 is 1.77 bits per heavy atom. The number of ketones is 1. The van der Waals surface area contributed by atoms with Gasteiger partial charge in [0.15, 0.2) is 5.56 Å². The molecule has 114 valence electrons. The molecule has 1 atom stereocenters. The van der Waals surface area contributed by atoms with Crippen LogP contribution in [-0.2, 0) is 0 Å². The fraction of sp³-hybridized carbons (Fsp3) is 0.188. The second kappa shape index (κ2) is 4.84. The molecule has 6 heteroatoms. The Bertz CT molecular complexity index is 781. The lowest BCUT2D eigenvalue weighted by Gasteiger charge is -2.11. The average molecular weight is 303 g/mol. The largest absolute Gasteiger partial charge is 0.508 e. The standard InChI is InChI=1S/C16H14O6/c1-7-3-9(11(18)6-10(7)17)16-15(20)14-12(19)4-8(21-2)5-13(14)22-16/h3-6,16-19H,1-2H3/p+1. The highest BCUT2D eigenvalue weighted by Crippen LogP contribution is 2.45. The van der Waals surface area contributed by atoms with E-state index in [1.54, 1.807) is 6.92 Å². The highest BCUT2D eigenvalue weighted by molar-refractivity contribution is 6.08. The molecule has 1 unspecified atom stereocenters. The molecule has 0 aromatic heterocycles. The third kappa shape index (κ3) is 2.00. The minimum absolute atomic E-state index is 0.0548. The first-order valence-corrected chi connectivity index (χ1v) is 6.58. The quantitative estimate of drug-likeness (QED) is 0.738. The van der Waals surface area contributed by atoms with Gasteiger partial charge in [0.2, 0.25) is 6.10 Å². The molecule has 0 fully saturated rings. The third-order valence-electron chi connectivity index (χ3n) is 3.67. The topological polar surface area (TPSA) is 101 Å². The summed E-state index contributed by atoms with van der Waals surface area (Å²) in [6, 6.07) is 5.61. The number of methoxy groups -OCH3 is 1. The van der Waals surface area contributed by atoms with Gasteiger partial charge in [-0.1, -0.05) is 0 Å². The number of hydrogen-bond acceptors (Lipinski definition) is 5. The molecular formula is C16H15O6+. The molecule has 6 nitrogen and oxygen atoms in total. The van der Waals surface area contributed by atoms with Gasteiger partial charge in [-0.05, 0) is 18.6 Å². The second-order valence-corrected chi connectivity index (χ2v) is 5.10. The summed E-state index contributed by atoms with van der Waals surface area (Å²) in [4.78, 5) is 10.3. The van der Waals surface area contributed by atoms with E-state index in [1.807, 2.05) is 0 Å². The van der Waals surface area contributed by atoms with Crippen LogP contribution in [0.25, 0.3) is 0 Å². The first kappa shape index (κ1) is 14.1. The molecule has 0 bridgehead atoms. The van der Waals surface area contributed by atoms with Gasteiger partial charge in [0.25, 0.3) is 0 Å². The van der Waals surface area contributed by atoms with Crippen LogP contribution in [0.4, 0.5) is 0 Å². The zero-order chi connectivity index (χ0) is 16.0. The Kier molecular flexibility index (Phi) is 3.09. The van der Waals surface area contributed by atoms with Crippen LogP contribution in [-0.4, -0.2) is 33.0 Å². The Balaban J connectivity index is 2.08. The lowest BCUT2D eigenvalue weighted by atomic mass is 9.99. The molecule has 1 aliphatic heterocycles. The van der Waals surface area contributed by atoms with Gasteiger partial charge in [0.1, 0.15) is 28.7 Å². The fourth-order valence-corrected chi connectivity index (χ4v) is 2.49. The van der Waals surface area contributed by atoms with E-state index >= 15 is 0 Å². The van der Waals surface area contributed by atoms with Crippen LogP contribution in [0.2, 0.25) is 0 Å². The average Bonchev–Trinajstić information content (AvgIpc) is 2.80. The van der Waals surface area contributed by atoms with Crippen LogP contribution >= 0.6 is 0 Å². The summed E-state index contributed by atoms with van der Waals surface area (Å²) in [6.07, 6.45) is -0.965. The number of aryl methyl sites for hydroxylation is 1. The highest BCUT2D eigenvalue weighted by atomic mass is 16.5. The van der Waals surface area contributed by atoms with Crippen molar-refractivity contribution in [2.24, 2.45) is 0 Å². The zero-order valence-corrected chi connectivity index (χ0v) is 12.0. The van der Waals surface area contributed by atoms with E-state index in [4.69, 9.17) is 9.47 Å². The second-order valence-electron chi connectivity index (χ2n) is 5.10. The molecule has 1 aliphatic rings. The van der Waals surface area contributed by atoms with Crippen molar-refractivity contribution in [1.29, 1.82) is 0 Å². The minimum Gasteiger partial charge on any atom is -0.508 e. The van der Waals surface area contributed by atoms with E-state index in [1.165, 1.54) is 31.4 Å². The number of phenolic OH excluding ortho intramolecular Hbond substituents is 3. The molecule has 2 aromatic carbocycles. The smallest absolute Gasteiger partial charge is 0.375 e.